The predicted molar refractivity (Wildman–Crippen MR) is 124 cm³/mol. The van der Waals surface area contributed by atoms with Crippen LogP contribution in [0, 0.1) is 5.82 Å². The van der Waals surface area contributed by atoms with Gasteiger partial charge >= 0.3 is 6.18 Å². The standard InChI is InChI=1S/C22H22F4N6O3S/c1-21(2)20(27)31-17(10-36(21,33)30-11-22(24,25)26)13-6-12(4-5-14(13)23)18-7-15(32-35-18)16-8-29-19(34-3)9-28-16/h4-9,17H,10-11H2,1-3H3,(H2,27,31). The third-order valence-electron chi connectivity index (χ3n) is 5.79. The highest BCUT2D eigenvalue weighted by atomic mass is 32.2. The van der Waals surface area contributed by atoms with Gasteiger partial charge in [0.25, 0.3) is 0 Å². The Bertz CT molecular complexity index is 1430. The summed E-state index contributed by atoms with van der Waals surface area (Å²) in [7, 11) is -2.10. The molecule has 192 valence electrons. The monoisotopic (exact) mass is 526 g/mol. The summed E-state index contributed by atoms with van der Waals surface area (Å²) in [5.41, 5.74) is 7.17. The Hall–Kier alpha value is -3.55. The first-order valence-corrected chi connectivity index (χ1v) is 12.2. The first kappa shape index (κ1) is 25.5. The Morgan fingerprint density at radius 3 is 2.61 bits per heavy atom. The lowest BCUT2D eigenvalue weighted by molar-refractivity contribution is -0.117. The minimum absolute atomic E-state index is 0.0110. The highest BCUT2D eigenvalue weighted by Crippen LogP contribution is 2.37. The molecule has 2 N–H and O–H groups in total. The van der Waals surface area contributed by atoms with E-state index in [0.29, 0.717) is 22.8 Å². The molecular formula is C22H22F4N6O3S. The maximum absolute atomic E-state index is 14.9. The lowest BCUT2D eigenvalue weighted by atomic mass is 10.0. The van der Waals surface area contributed by atoms with Crippen molar-refractivity contribution in [2.75, 3.05) is 19.4 Å². The van der Waals surface area contributed by atoms with Gasteiger partial charge < -0.3 is 15.0 Å². The van der Waals surface area contributed by atoms with Crippen LogP contribution in [0.15, 0.2) is 50.5 Å². The van der Waals surface area contributed by atoms with Crippen molar-refractivity contribution in [1.82, 2.24) is 15.1 Å². The molecule has 36 heavy (non-hydrogen) atoms. The molecule has 0 radical (unpaired) electrons. The van der Waals surface area contributed by atoms with Crippen molar-refractivity contribution in [3.8, 4) is 28.6 Å². The SMILES string of the molecule is COc1cnc(-c2cc(-c3ccc(F)c(C4CS(=O)(=NCC(F)(F)F)C(C)(C)C(N)=N4)c3)on2)cn1. The van der Waals surface area contributed by atoms with Gasteiger partial charge in [-0.15, -0.1) is 0 Å². The smallest absolute Gasteiger partial charge is 0.408 e. The van der Waals surface area contributed by atoms with Gasteiger partial charge in [0.1, 0.15) is 34.3 Å². The molecule has 3 heterocycles. The van der Waals surface area contributed by atoms with Gasteiger partial charge in [-0.25, -0.2) is 22.9 Å². The lowest BCUT2D eigenvalue weighted by Gasteiger charge is -2.35. The van der Waals surface area contributed by atoms with Gasteiger partial charge in [0.15, 0.2) is 5.76 Å². The van der Waals surface area contributed by atoms with Crippen LogP contribution in [0.25, 0.3) is 22.7 Å². The fourth-order valence-electron chi connectivity index (χ4n) is 3.54. The van der Waals surface area contributed by atoms with Crippen molar-refractivity contribution in [2.45, 2.75) is 30.8 Å². The van der Waals surface area contributed by atoms with Crippen LogP contribution in [0.1, 0.15) is 25.5 Å². The third kappa shape index (κ3) is 4.90. The maximum atomic E-state index is 14.9. The van der Waals surface area contributed by atoms with Crippen molar-refractivity contribution in [3.63, 3.8) is 0 Å². The number of amidine groups is 1. The second-order valence-electron chi connectivity index (χ2n) is 8.51. The van der Waals surface area contributed by atoms with Gasteiger partial charge in [-0.1, -0.05) is 5.16 Å². The summed E-state index contributed by atoms with van der Waals surface area (Å²) >= 11 is 0. The summed E-state index contributed by atoms with van der Waals surface area (Å²) in [5, 5.41) is 3.96. The molecule has 0 saturated heterocycles. The van der Waals surface area contributed by atoms with Gasteiger partial charge in [0.05, 0.1) is 41.0 Å². The fourth-order valence-corrected chi connectivity index (χ4v) is 5.80. The molecule has 1 aromatic carbocycles. The molecule has 4 rings (SSSR count). The van der Waals surface area contributed by atoms with E-state index < -0.39 is 44.8 Å². The number of nitrogens with two attached hydrogens (primary N) is 1. The van der Waals surface area contributed by atoms with Crippen molar-refractivity contribution >= 4 is 15.6 Å². The van der Waals surface area contributed by atoms with Crippen LogP contribution in [-0.2, 0) is 9.73 Å². The number of hydrogen-bond donors (Lipinski definition) is 1. The molecule has 3 aromatic rings. The van der Waals surface area contributed by atoms with Crippen LogP contribution >= 0.6 is 0 Å². The predicted octanol–water partition coefficient (Wildman–Crippen LogP) is 4.17. The van der Waals surface area contributed by atoms with E-state index in [4.69, 9.17) is 15.0 Å². The highest BCUT2D eigenvalue weighted by Gasteiger charge is 2.43. The Morgan fingerprint density at radius 1 is 1.22 bits per heavy atom. The normalized spacial score (nSPS) is 21.6. The zero-order valence-corrected chi connectivity index (χ0v) is 20.2. The highest BCUT2D eigenvalue weighted by molar-refractivity contribution is 7.95. The zero-order chi connectivity index (χ0) is 26.3. The van der Waals surface area contributed by atoms with Crippen LogP contribution in [0.5, 0.6) is 5.88 Å². The first-order chi connectivity index (χ1) is 16.8. The summed E-state index contributed by atoms with van der Waals surface area (Å²) in [6, 6.07) is 4.45. The number of aromatic nitrogens is 3. The van der Waals surface area contributed by atoms with Crippen LogP contribution in [0.3, 0.4) is 0 Å². The van der Waals surface area contributed by atoms with Gasteiger partial charge in [0, 0.05) is 17.2 Å². The molecule has 0 fully saturated rings. The molecule has 2 atom stereocenters. The van der Waals surface area contributed by atoms with E-state index in [1.165, 1.54) is 45.5 Å². The summed E-state index contributed by atoms with van der Waals surface area (Å²) in [4.78, 5) is 12.5. The minimum atomic E-state index is -4.65. The summed E-state index contributed by atoms with van der Waals surface area (Å²) < 4.78 is 79.4. The van der Waals surface area contributed by atoms with E-state index >= 15 is 0 Å². The van der Waals surface area contributed by atoms with Crippen LogP contribution in [0.2, 0.25) is 0 Å². The molecule has 0 bridgehead atoms. The molecule has 0 saturated carbocycles. The molecule has 1 aliphatic heterocycles. The Balaban J connectivity index is 1.70. The van der Waals surface area contributed by atoms with Gasteiger partial charge in [-0.3, -0.25) is 4.99 Å². The van der Waals surface area contributed by atoms with Crippen LogP contribution in [-0.4, -0.2) is 55.5 Å². The van der Waals surface area contributed by atoms with Crippen LogP contribution in [0.4, 0.5) is 17.6 Å². The molecule has 0 aliphatic carbocycles. The lowest BCUT2D eigenvalue weighted by Crippen LogP contribution is -2.50. The summed E-state index contributed by atoms with van der Waals surface area (Å²) in [6.45, 7) is 1.22. The summed E-state index contributed by atoms with van der Waals surface area (Å²) in [5.74, 6) is -0.711. The third-order valence-corrected chi connectivity index (χ3v) is 8.91. The van der Waals surface area contributed by atoms with E-state index in [-0.39, 0.29) is 17.2 Å². The van der Waals surface area contributed by atoms with Crippen molar-refractivity contribution in [1.29, 1.82) is 0 Å². The Morgan fingerprint density at radius 2 is 1.97 bits per heavy atom. The second-order valence-corrected chi connectivity index (χ2v) is 11.4. The maximum Gasteiger partial charge on any atom is 0.408 e. The molecule has 14 heteroatoms. The Kier molecular flexibility index (Phi) is 6.49. The number of hydrogen-bond acceptors (Lipinski definition) is 9. The zero-order valence-electron chi connectivity index (χ0n) is 19.4. The first-order valence-electron chi connectivity index (χ1n) is 10.6. The minimum Gasteiger partial charge on any atom is -0.480 e. The van der Waals surface area contributed by atoms with E-state index in [2.05, 4.69) is 24.5 Å². The molecule has 9 nitrogen and oxygen atoms in total. The number of rotatable bonds is 5. The molecule has 2 unspecified atom stereocenters. The Labute approximate surface area is 204 Å². The molecule has 1 aliphatic rings. The van der Waals surface area contributed by atoms with Crippen molar-refractivity contribution < 1.29 is 31.0 Å². The molecule has 0 amide bonds. The fraction of sp³-hybridized carbons (Fsp3) is 0.364. The average Bonchev–Trinajstić information content (AvgIpc) is 3.32. The number of ether oxygens (including phenoxy) is 1. The number of halogens is 4. The number of nitrogens with zero attached hydrogens (tertiary/aromatic N) is 5. The second kappa shape index (κ2) is 9.15. The largest absolute Gasteiger partial charge is 0.480 e. The van der Waals surface area contributed by atoms with E-state index in [1.807, 2.05) is 0 Å². The van der Waals surface area contributed by atoms with Crippen molar-refractivity contribution in [3.05, 3.63) is 48.0 Å². The van der Waals surface area contributed by atoms with Crippen molar-refractivity contribution in [2.24, 2.45) is 15.1 Å². The molecular weight excluding hydrogens is 504 g/mol. The topological polar surface area (TPSA) is 129 Å². The number of alkyl halides is 3. The van der Waals surface area contributed by atoms with E-state index in [9.17, 15) is 21.8 Å². The van der Waals surface area contributed by atoms with E-state index in [1.54, 1.807) is 6.07 Å². The van der Waals surface area contributed by atoms with Gasteiger partial charge in [-0.2, -0.15) is 13.2 Å². The number of benzene rings is 1. The van der Waals surface area contributed by atoms with Crippen LogP contribution < -0.4 is 10.5 Å². The number of aliphatic imine (C=N–C) groups is 1. The van der Waals surface area contributed by atoms with E-state index in [0.717, 1.165) is 6.07 Å². The van der Waals surface area contributed by atoms with Gasteiger partial charge in [-0.05, 0) is 32.0 Å². The quantitative estimate of drug-likeness (QED) is 0.494. The number of methoxy groups -OCH3 is 1. The molecule has 0 spiro atoms. The molecule has 2 aromatic heterocycles. The van der Waals surface area contributed by atoms with Gasteiger partial charge in [0.2, 0.25) is 5.88 Å². The summed E-state index contributed by atoms with van der Waals surface area (Å²) in [6.07, 6.45) is -1.80. The average molecular weight is 527 g/mol.